The Bertz CT molecular complexity index is 410. The van der Waals surface area contributed by atoms with E-state index in [4.69, 9.17) is 0 Å². The van der Waals surface area contributed by atoms with Crippen LogP contribution in [0.25, 0.3) is 12.2 Å². The first kappa shape index (κ1) is 16.0. The Kier molecular flexibility index (Phi) is 6.32. The van der Waals surface area contributed by atoms with E-state index in [2.05, 4.69) is 45.1 Å². The van der Waals surface area contributed by atoms with E-state index in [1.165, 1.54) is 0 Å². The number of aryl methyl sites for hydroxylation is 1. The van der Waals surface area contributed by atoms with E-state index in [1.807, 2.05) is 23.8 Å². The highest BCUT2D eigenvalue weighted by Crippen LogP contribution is 2.25. The van der Waals surface area contributed by atoms with Crippen LogP contribution in [0.15, 0.2) is 11.5 Å². The summed E-state index contributed by atoms with van der Waals surface area (Å²) in [6.45, 7) is 13.1. The molecule has 0 saturated heterocycles. The molecule has 0 aromatic carbocycles. The second kappa shape index (κ2) is 6.70. The van der Waals surface area contributed by atoms with E-state index in [9.17, 15) is 0 Å². The summed E-state index contributed by atoms with van der Waals surface area (Å²) in [4.78, 5) is 0.980. The molecule has 1 rings (SSSR count). The maximum absolute atomic E-state index is 4.62. The molecule has 0 aliphatic rings. The van der Waals surface area contributed by atoms with Crippen LogP contribution in [-0.4, -0.2) is 9.78 Å². The van der Waals surface area contributed by atoms with E-state index < -0.39 is 0 Å². The largest absolute Gasteiger partial charge is 0.265 e. The first-order chi connectivity index (χ1) is 7.51. The van der Waals surface area contributed by atoms with E-state index >= 15 is 0 Å². The second-order valence-corrected chi connectivity index (χ2v) is 4.85. The number of hydrogen-bond acceptors (Lipinski definition) is 2. The minimum Gasteiger partial charge on any atom is -0.265 e. The molecule has 0 bridgehead atoms. The fourth-order valence-electron chi connectivity index (χ4n) is 1.73. The topological polar surface area (TPSA) is 17.8 Å². The van der Waals surface area contributed by atoms with Crippen molar-refractivity contribution in [1.82, 2.24) is 9.78 Å². The van der Waals surface area contributed by atoms with Crippen LogP contribution in [0.3, 0.4) is 0 Å². The third-order valence-corrected chi connectivity index (χ3v) is 2.58. The third-order valence-electron chi connectivity index (χ3n) is 2.45. The predicted octanol–water partition coefficient (Wildman–Crippen LogP) is 4.60. The molecule has 96 valence electrons. The quantitative estimate of drug-likeness (QED) is 0.776. The van der Waals surface area contributed by atoms with Gasteiger partial charge < -0.3 is 0 Å². The Morgan fingerprint density at radius 2 is 2.12 bits per heavy atom. The number of allylic oxidation sites excluding steroid dienone is 1. The van der Waals surface area contributed by atoms with Gasteiger partial charge in [-0.1, -0.05) is 33.9 Å². The molecule has 0 saturated carbocycles. The van der Waals surface area contributed by atoms with Crippen molar-refractivity contribution in [1.29, 1.82) is 0 Å². The van der Waals surface area contributed by atoms with Gasteiger partial charge in [0.25, 0.3) is 0 Å². The second-order valence-electron chi connectivity index (χ2n) is 4.14. The Labute approximate surface area is 111 Å². The van der Waals surface area contributed by atoms with Crippen LogP contribution in [0, 0.1) is 0 Å². The summed E-state index contributed by atoms with van der Waals surface area (Å²) in [5.74, 6) is 0.410. The number of nitrogens with zero attached hydrogens (tertiary/aromatic N) is 2. The van der Waals surface area contributed by atoms with Crippen molar-refractivity contribution >= 4 is 24.8 Å². The van der Waals surface area contributed by atoms with Crippen LogP contribution < -0.4 is 0 Å². The molecule has 0 atom stereocenters. The van der Waals surface area contributed by atoms with Gasteiger partial charge in [0.2, 0.25) is 0 Å². The molecule has 1 aromatic heterocycles. The fourth-order valence-corrected chi connectivity index (χ4v) is 1.86. The van der Waals surface area contributed by atoms with Crippen molar-refractivity contribution in [3.05, 3.63) is 28.4 Å². The summed E-state index contributed by atoms with van der Waals surface area (Å²) < 4.78 is 2.01. The van der Waals surface area contributed by atoms with Gasteiger partial charge in [0, 0.05) is 12.1 Å². The molecular formula is C14H24N2S. The van der Waals surface area contributed by atoms with Crippen LogP contribution in [0.2, 0.25) is 0 Å². The van der Waals surface area contributed by atoms with Gasteiger partial charge in [-0.25, -0.2) is 0 Å². The molecular weight excluding hydrogens is 228 g/mol. The van der Waals surface area contributed by atoms with Crippen LogP contribution in [-0.2, 0) is 6.54 Å². The molecule has 0 aliphatic carbocycles. The zero-order valence-electron chi connectivity index (χ0n) is 10.5. The van der Waals surface area contributed by atoms with Gasteiger partial charge in [0.15, 0.2) is 0 Å². The lowest BCUT2D eigenvalue weighted by molar-refractivity contribution is 0.631. The Morgan fingerprint density at radius 1 is 1.53 bits per heavy atom. The highest BCUT2D eigenvalue weighted by molar-refractivity contribution is 7.84. The maximum Gasteiger partial charge on any atom is 0.0728 e. The Balaban J connectivity index is 0.00000256. The summed E-state index contributed by atoms with van der Waals surface area (Å²) in [5.41, 5.74) is 3.34. The minimum absolute atomic E-state index is 0. The number of rotatable bonds is 4. The summed E-state index contributed by atoms with van der Waals surface area (Å²) in [6.07, 6.45) is 3.93. The van der Waals surface area contributed by atoms with Crippen LogP contribution >= 0.6 is 12.6 Å². The zero-order valence-corrected chi connectivity index (χ0v) is 11.4. The van der Waals surface area contributed by atoms with Gasteiger partial charge in [-0.2, -0.15) is 5.10 Å². The van der Waals surface area contributed by atoms with Gasteiger partial charge in [0.1, 0.15) is 0 Å². The monoisotopic (exact) mass is 252 g/mol. The normalized spacial score (nSPS) is 11.5. The molecule has 0 fully saturated rings. The smallest absolute Gasteiger partial charge is 0.0728 e. The molecule has 0 spiro atoms. The third kappa shape index (κ3) is 3.50. The SMILES string of the molecule is C.C=Cc1c(C(C)C)nn(CC)c1/C=C(\C)S. The molecule has 1 heterocycles. The molecule has 0 aliphatic heterocycles. The molecule has 0 radical (unpaired) electrons. The molecule has 17 heavy (non-hydrogen) atoms. The lowest BCUT2D eigenvalue weighted by atomic mass is 10.0. The summed E-state index contributed by atoms with van der Waals surface area (Å²) >= 11 is 4.33. The maximum atomic E-state index is 4.62. The first-order valence-corrected chi connectivity index (χ1v) is 6.06. The Morgan fingerprint density at radius 3 is 2.47 bits per heavy atom. The Hall–Kier alpha value is -0.960. The van der Waals surface area contributed by atoms with Gasteiger partial charge >= 0.3 is 0 Å². The summed E-state index contributed by atoms with van der Waals surface area (Å²) in [6, 6.07) is 0. The summed E-state index contributed by atoms with van der Waals surface area (Å²) in [7, 11) is 0. The van der Waals surface area contributed by atoms with E-state index in [1.54, 1.807) is 0 Å². The average molecular weight is 252 g/mol. The molecule has 3 heteroatoms. The number of hydrogen-bond donors (Lipinski definition) is 1. The van der Waals surface area contributed by atoms with Crippen LogP contribution in [0.4, 0.5) is 0 Å². The van der Waals surface area contributed by atoms with E-state index in [0.717, 1.165) is 28.4 Å². The summed E-state index contributed by atoms with van der Waals surface area (Å²) in [5, 5.41) is 4.62. The van der Waals surface area contributed by atoms with Crippen molar-refractivity contribution in [2.24, 2.45) is 0 Å². The van der Waals surface area contributed by atoms with Crippen molar-refractivity contribution in [2.45, 2.75) is 47.6 Å². The van der Waals surface area contributed by atoms with Gasteiger partial charge in [0.05, 0.1) is 11.4 Å². The lowest BCUT2D eigenvalue weighted by Crippen LogP contribution is -2.00. The molecule has 1 aromatic rings. The highest BCUT2D eigenvalue weighted by atomic mass is 32.1. The standard InChI is InChI=1S/C13H20N2S.CH4/c1-6-11-12(8-10(5)16)15(7-2)14-13(11)9(3)4;/h6,8-9,16H,1,7H2,2-5H3;1H4/b10-8+;. The van der Waals surface area contributed by atoms with Gasteiger partial charge in [-0.3, -0.25) is 4.68 Å². The van der Waals surface area contributed by atoms with Crippen LogP contribution in [0.5, 0.6) is 0 Å². The first-order valence-electron chi connectivity index (χ1n) is 5.61. The predicted molar refractivity (Wildman–Crippen MR) is 81.4 cm³/mol. The van der Waals surface area contributed by atoms with Crippen molar-refractivity contribution < 1.29 is 0 Å². The van der Waals surface area contributed by atoms with Crippen LogP contribution in [0.1, 0.15) is 58.0 Å². The number of thiol groups is 1. The molecule has 0 N–H and O–H groups in total. The van der Waals surface area contributed by atoms with Gasteiger partial charge in [-0.05, 0) is 30.7 Å². The zero-order chi connectivity index (χ0) is 12.3. The number of aromatic nitrogens is 2. The van der Waals surface area contributed by atoms with E-state index in [-0.39, 0.29) is 7.43 Å². The van der Waals surface area contributed by atoms with Crippen molar-refractivity contribution in [3.63, 3.8) is 0 Å². The fraction of sp³-hybridized carbons (Fsp3) is 0.500. The molecule has 2 nitrogen and oxygen atoms in total. The average Bonchev–Trinajstić information content (AvgIpc) is 2.55. The van der Waals surface area contributed by atoms with Crippen molar-refractivity contribution in [3.8, 4) is 0 Å². The molecule has 0 unspecified atom stereocenters. The van der Waals surface area contributed by atoms with E-state index in [0.29, 0.717) is 5.92 Å². The highest BCUT2D eigenvalue weighted by Gasteiger charge is 2.15. The lowest BCUT2D eigenvalue weighted by Gasteiger charge is -2.01. The minimum atomic E-state index is 0. The van der Waals surface area contributed by atoms with Crippen molar-refractivity contribution in [2.75, 3.05) is 0 Å². The molecule has 0 amide bonds. The van der Waals surface area contributed by atoms with Gasteiger partial charge in [-0.15, -0.1) is 12.6 Å².